The van der Waals surface area contributed by atoms with E-state index in [0.717, 1.165) is 21.8 Å². The highest BCUT2D eigenvalue weighted by molar-refractivity contribution is 9.10. The van der Waals surface area contributed by atoms with Gasteiger partial charge in [-0.2, -0.15) is 0 Å². The fraction of sp³-hybridized carbons (Fsp3) is 0.353. The predicted molar refractivity (Wildman–Crippen MR) is 95.0 cm³/mol. The zero-order chi connectivity index (χ0) is 15.2. The van der Waals surface area contributed by atoms with Gasteiger partial charge in [0.15, 0.2) is 0 Å². The maximum atomic E-state index is 4.42. The zero-order valence-electron chi connectivity index (χ0n) is 12.7. The average molecular weight is 365 g/mol. The molecule has 0 radical (unpaired) electrons. The van der Waals surface area contributed by atoms with Crippen molar-refractivity contribution in [1.82, 2.24) is 10.3 Å². The molecule has 1 N–H and O–H groups in total. The van der Waals surface area contributed by atoms with Crippen LogP contribution in [0.2, 0.25) is 0 Å². The zero-order valence-corrected chi connectivity index (χ0v) is 15.1. The standard InChI is InChI=1S/C17H21BrN2S/c1-4-19-16(14-6-5-12(2)13(3)9-14)11-21-17-8-7-15(18)10-20-17/h5-10,16,19H,4,11H2,1-3H3. The molecule has 2 aromatic rings. The number of nitrogens with one attached hydrogen (secondary N) is 1. The maximum absolute atomic E-state index is 4.42. The van der Waals surface area contributed by atoms with Crippen molar-refractivity contribution >= 4 is 27.7 Å². The van der Waals surface area contributed by atoms with Crippen molar-refractivity contribution in [2.75, 3.05) is 12.3 Å². The first-order chi connectivity index (χ1) is 10.1. The summed E-state index contributed by atoms with van der Waals surface area (Å²) in [4.78, 5) is 4.42. The van der Waals surface area contributed by atoms with E-state index in [1.807, 2.05) is 12.3 Å². The van der Waals surface area contributed by atoms with Crippen molar-refractivity contribution < 1.29 is 0 Å². The van der Waals surface area contributed by atoms with Crippen molar-refractivity contribution in [3.63, 3.8) is 0 Å². The minimum absolute atomic E-state index is 0.352. The minimum Gasteiger partial charge on any atom is -0.309 e. The molecule has 0 aliphatic carbocycles. The lowest BCUT2D eigenvalue weighted by molar-refractivity contribution is 0.605. The Morgan fingerprint density at radius 3 is 2.62 bits per heavy atom. The Morgan fingerprint density at radius 2 is 2.00 bits per heavy atom. The predicted octanol–water partition coefficient (Wildman–Crippen LogP) is 4.90. The summed E-state index contributed by atoms with van der Waals surface area (Å²) in [5.41, 5.74) is 4.04. The SMILES string of the molecule is CCNC(CSc1ccc(Br)cn1)c1ccc(C)c(C)c1. The molecular formula is C17H21BrN2S. The van der Waals surface area contributed by atoms with E-state index in [1.165, 1.54) is 16.7 Å². The number of hydrogen-bond donors (Lipinski definition) is 1. The first-order valence-corrected chi connectivity index (χ1v) is 8.93. The molecule has 21 heavy (non-hydrogen) atoms. The lowest BCUT2D eigenvalue weighted by Crippen LogP contribution is -2.23. The normalized spacial score (nSPS) is 12.4. The number of pyridine rings is 1. The van der Waals surface area contributed by atoms with Crippen LogP contribution in [0.25, 0.3) is 0 Å². The molecule has 0 spiro atoms. The highest BCUT2D eigenvalue weighted by Gasteiger charge is 2.12. The molecule has 0 saturated heterocycles. The Balaban J connectivity index is 2.07. The van der Waals surface area contributed by atoms with Crippen molar-refractivity contribution in [2.45, 2.75) is 31.8 Å². The van der Waals surface area contributed by atoms with Gasteiger partial charge >= 0.3 is 0 Å². The maximum Gasteiger partial charge on any atom is 0.0961 e. The van der Waals surface area contributed by atoms with Gasteiger partial charge in [-0.3, -0.25) is 0 Å². The van der Waals surface area contributed by atoms with E-state index in [2.05, 4.69) is 71.3 Å². The van der Waals surface area contributed by atoms with Crippen LogP contribution in [0.15, 0.2) is 46.0 Å². The number of nitrogens with zero attached hydrogens (tertiary/aromatic N) is 1. The van der Waals surface area contributed by atoms with Crippen LogP contribution >= 0.6 is 27.7 Å². The molecule has 1 atom stereocenters. The van der Waals surface area contributed by atoms with E-state index in [9.17, 15) is 0 Å². The van der Waals surface area contributed by atoms with E-state index >= 15 is 0 Å². The molecule has 0 amide bonds. The Kier molecular flexibility index (Phi) is 6.27. The van der Waals surface area contributed by atoms with Gasteiger partial charge in [-0.05, 0) is 65.1 Å². The molecule has 1 heterocycles. The molecule has 2 nitrogen and oxygen atoms in total. The topological polar surface area (TPSA) is 24.9 Å². The van der Waals surface area contributed by atoms with E-state index in [-0.39, 0.29) is 0 Å². The second-order valence-corrected chi connectivity index (χ2v) is 7.04. The summed E-state index contributed by atoms with van der Waals surface area (Å²) >= 11 is 5.21. The third kappa shape index (κ3) is 4.83. The van der Waals surface area contributed by atoms with Crippen molar-refractivity contribution in [2.24, 2.45) is 0 Å². The molecule has 0 bridgehead atoms. The molecule has 0 aliphatic heterocycles. The fourth-order valence-corrected chi connectivity index (χ4v) is 3.29. The largest absolute Gasteiger partial charge is 0.309 e. The third-order valence-corrected chi connectivity index (χ3v) is 4.99. The van der Waals surface area contributed by atoms with Gasteiger partial charge in [0, 0.05) is 22.5 Å². The molecule has 112 valence electrons. The van der Waals surface area contributed by atoms with Gasteiger partial charge < -0.3 is 5.32 Å². The van der Waals surface area contributed by atoms with E-state index in [4.69, 9.17) is 0 Å². The van der Waals surface area contributed by atoms with Gasteiger partial charge in [-0.15, -0.1) is 11.8 Å². The van der Waals surface area contributed by atoms with Crippen LogP contribution < -0.4 is 5.32 Å². The number of aromatic nitrogens is 1. The van der Waals surface area contributed by atoms with Crippen molar-refractivity contribution in [3.05, 3.63) is 57.7 Å². The van der Waals surface area contributed by atoms with Crippen molar-refractivity contribution in [1.29, 1.82) is 0 Å². The summed E-state index contributed by atoms with van der Waals surface area (Å²) in [7, 11) is 0. The summed E-state index contributed by atoms with van der Waals surface area (Å²) in [6, 6.07) is 11.2. The smallest absolute Gasteiger partial charge is 0.0961 e. The molecule has 0 fully saturated rings. The highest BCUT2D eigenvalue weighted by Crippen LogP contribution is 2.25. The van der Waals surface area contributed by atoms with Gasteiger partial charge in [0.1, 0.15) is 0 Å². The molecule has 0 saturated carbocycles. The Labute approximate surface area is 139 Å². The van der Waals surface area contributed by atoms with Gasteiger partial charge in [0.2, 0.25) is 0 Å². The Morgan fingerprint density at radius 1 is 1.19 bits per heavy atom. The van der Waals surface area contributed by atoms with E-state index < -0.39 is 0 Å². The second-order valence-electron chi connectivity index (χ2n) is 5.08. The van der Waals surface area contributed by atoms with Crippen molar-refractivity contribution in [3.8, 4) is 0 Å². The summed E-state index contributed by atoms with van der Waals surface area (Å²) in [5.74, 6) is 0.977. The number of rotatable bonds is 6. The third-order valence-electron chi connectivity index (χ3n) is 3.48. The number of benzene rings is 1. The number of thioether (sulfide) groups is 1. The number of halogens is 1. The average Bonchev–Trinajstić information content (AvgIpc) is 2.48. The first kappa shape index (κ1) is 16.5. The van der Waals surface area contributed by atoms with Gasteiger partial charge in [-0.25, -0.2) is 4.98 Å². The van der Waals surface area contributed by atoms with E-state index in [1.54, 1.807) is 11.8 Å². The summed E-state index contributed by atoms with van der Waals surface area (Å²) in [6.07, 6.45) is 1.85. The molecular weight excluding hydrogens is 344 g/mol. The van der Waals surface area contributed by atoms with E-state index in [0.29, 0.717) is 6.04 Å². The summed E-state index contributed by atoms with van der Waals surface area (Å²) < 4.78 is 1.02. The molecule has 2 rings (SSSR count). The number of hydrogen-bond acceptors (Lipinski definition) is 3. The van der Waals surface area contributed by atoms with Crippen LogP contribution in [-0.4, -0.2) is 17.3 Å². The first-order valence-electron chi connectivity index (χ1n) is 7.15. The Bertz CT molecular complexity index is 584. The number of aryl methyl sites for hydroxylation is 2. The lowest BCUT2D eigenvalue weighted by Gasteiger charge is -2.19. The molecule has 1 aromatic carbocycles. The highest BCUT2D eigenvalue weighted by atomic mass is 79.9. The van der Waals surface area contributed by atoms with Gasteiger partial charge in [0.25, 0.3) is 0 Å². The minimum atomic E-state index is 0.352. The van der Waals surface area contributed by atoms with Gasteiger partial charge in [0.05, 0.1) is 5.03 Å². The summed E-state index contributed by atoms with van der Waals surface area (Å²) in [5, 5.41) is 4.63. The molecule has 1 unspecified atom stereocenters. The van der Waals surface area contributed by atoms with Crippen LogP contribution in [0.3, 0.4) is 0 Å². The Hall–Kier alpha value is -0.840. The monoisotopic (exact) mass is 364 g/mol. The van der Waals surface area contributed by atoms with Crippen LogP contribution in [0.5, 0.6) is 0 Å². The lowest BCUT2D eigenvalue weighted by atomic mass is 10.0. The molecule has 4 heteroatoms. The second kappa shape index (κ2) is 7.97. The van der Waals surface area contributed by atoms with Crippen LogP contribution in [-0.2, 0) is 0 Å². The summed E-state index contributed by atoms with van der Waals surface area (Å²) in [6.45, 7) is 7.44. The fourth-order valence-electron chi connectivity index (χ4n) is 2.12. The quantitative estimate of drug-likeness (QED) is 0.737. The van der Waals surface area contributed by atoms with Gasteiger partial charge in [-0.1, -0.05) is 25.1 Å². The van der Waals surface area contributed by atoms with Crippen LogP contribution in [0, 0.1) is 13.8 Å². The van der Waals surface area contributed by atoms with Crippen LogP contribution in [0.1, 0.15) is 29.7 Å². The molecule has 1 aromatic heterocycles. The van der Waals surface area contributed by atoms with Crippen LogP contribution in [0.4, 0.5) is 0 Å². The molecule has 0 aliphatic rings.